The number of ketones is 1. The second kappa shape index (κ2) is 4.42. The predicted octanol–water partition coefficient (Wildman–Crippen LogP) is 2.59. The van der Waals surface area contributed by atoms with E-state index in [-0.39, 0.29) is 12.2 Å². The highest BCUT2D eigenvalue weighted by atomic mass is 79.9. The zero-order valence-electron chi connectivity index (χ0n) is 11.1. The SMILES string of the molecule is CC(C)(C)C(=O)C[C@]1(O)C(=O)Nc2ccc(Br)cc21. The Hall–Kier alpha value is -1.20. The maximum atomic E-state index is 12.1. The number of amides is 1. The molecule has 1 aliphatic rings. The molecule has 19 heavy (non-hydrogen) atoms. The molecule has 0 saturated carbocycles. The summed E-state index contributed by atoms with van der Waals surface area (Å²) in [5.74, 6) is -0.698. The molecule has 1 amide bonds. The number of carbonyl (C=O) groups excluding carboxylic acids is 2. The van der Waals surface area contributed by atoms with Crippen molar-refractivity contribution in [2.75, 3.05) is 5.32 Å². The summed E-state index contributed by atoms with van der Waals surface area (Å²) >= 11 is 3.31. The van der Waals surface area contributed by atoms with Crippen molar-refractivity contribution in [3.05, 3.63) is 28.2 Å². The second-order valence-corrected chi connectivity index (χ2v) is 6.77. The van der Waals surface area contributed by atoms with Gasteiger partial charge in [0.1, 0.15) is 5.78 Å². The third-order valence-corrected chi connectivity index (χ3v) is 3.80. The summed E-state index contributed by atoms with van der Waals surface area (Å²) in [6.07, 6.45) is -0.216. The molecule has 1 atom stereocenters. The molecule has 0 saturated heterocycles. The summed E-state index contributed by atoms with van der Waals surface area (Å²) in [7, 11) is 0. The van der Waals surface area contributed by atoms with Crippen molar-refractivity contribution >= 4 is 33.3 Å². The molecule has 1 heterocycles. The van der Waals surface area contributed by atoms with Gasteiger partial charge in [0.15, 0.2) is 5.60 Å². The van der Waals surface area contributed by atoms with Gasteiger partial charge in [-0.05, 0) is 18.2 Å². The molecule has 2 N–H and O–H groups in total. The number of Topliss-reactive ketones (excluding diaryl/α,β-unsaturated/α-hetero) is 1. The molecule has 102 valence electrons. The minimum Gasteiger partial charge on any atom is -0.375 e. The highest BCUT2D eigenvalue weighted by Crippen LogP contribution is 2.41. The minimum atomic E-state index is -1.77. The van der Waals surface area contributed by atoms with Gasteiger partial charge >= 0.3 is 0 Å². The molecule has 0 aromatic heterocycles. The first-order valence-corrected chi connectivity index (χ1v) is 6.81. The van der Waals surface area contributed by atoms with Crippen LogP contribution in [-0.2, 0) is 15.2 Å². The third-order valence-electron chi connectivity index (χ3n) is 3.30. The van der Waals surface area contributed by atoms with E-state index < -0.39 is 16.9 Å². The van der Waals surface area contributed by atoms with E-state index in [1.54, 1.807) is 39.0 Å². The van der Waals surface area contributed by atoms with Crippen LogP contribution in [0.4, 0.5) is 5.69 Å². The summed E-state index contributed by atoms with van der Waals surface area (Å²) in [6.45, 7) is 5.31. The molecule has 1 aliphatic heterocycles. The van der Waals surface area contributed by atoms with Crippen LogP contribution in [-0.4, -0.2) is 16.8 Å². The fourth-order valence-corrected chi connectivity index (χ4v) is 2.35. The quantitative estimate of drug-likeness (QED) is 0.878. The highest BCUT2D eigenvalue weighted by Gasteiger charge is 2.48. The van der Waals surface area contributed by atoms with Crippen LogP contribution >= 0.6 is 15.9 Å². The van der Waals surface area contributed by atoms with Crippen molar-refractivity contribution in [1.82, 2.24) is 0 Å². The summed E-state index contributed by atoms with van der Waals surface area (Å²) in [5, 5.41) is 13.2. The zero-order chi connectivity index (χ0) is 14.4. The van der Waals surface area contributed by atoms with Crippen molar-refractivity contribution in [3.63, 3.8) is 0 Å². The fourth-order valence-electron chi connectivity index (χ4n) is 1.99. The van der Waals surface area contributed by atoms with Crippen LogP contribution in [0.25, 0.3) is 0 Å². The summed E-state index contributed by atoms with van der Waals surface area (Å²) in [4.78, 5) is 24.1. The van der Waals surface area contributed by atoms with Gasteiger partial charge in [-0.1, -0.05) is 36.7 Å². The molecular formula is C14H16BrNO3. The smallest absolute Gasteiger partial charge is 0.261 e. The van der Waals surface area contributed by atoms with Crippen molar-refractivity contribution in [2.24, 2.45) is 5.41 Å². The standard InChI is InChI=1S/C14H16BrNO3/c1-13(2,3)11(17)7-14(19)9-6-8(15)4-5-10(9)16-12(14)18/h4-6,19H,7H2,1-3H3,(H,16,18)/t14-/m1/s1. The van der Waals surface area contributed by atoms with Crippen molar-refractivity contribution in [3.8, 4) is 0 Å². The van der Waals surface area contributed by atoms with E-state index in [1.165, 1.54) is 0 Å². The molecule has 4 nitrogen and oxygen atoms in total. The summed E-state index contributed by atoms with van der Waals surface area (Å²) in [6, 6.07) is 5.15. The Morgan fingerprint density at radius 3 is 2.63 bits per heavy atom. The average Bonchev–Trinajstić information content (AvgIpc) is 2.51. The number of halogens is 1. The Morgan fingerprint density at radius 2 is 2.05 bits per heavy atom. The molecule has 1 aromatic carbocycles. The van der Waals surface area contributed by atoms with Gasteiger partial charge in [0.05, 0.1) is 0 Å². The average molecular weight is 326 g/mol. The van der Waals surface area contributed by atoms with E-state index in [2.05, 4.69) is 21.2 Å². The zero-order valence-corrected chi connectivity index (χ0v) is 12.7. The third kappa shape index (κ3) is 2.44. The largest absolute Gasteiger partial charge is 0.375 e. The van der Waals surface area contributed by atoms with E-state index in [0.717, 1.165) is 4.47 Å². The maximum absolute atomic E-state index is 12.1. The second-order valence-electron chi connectivity index (χ2n) is 5.85. The number of aliphatic hydroxyl groups is 1. The lowest BCUT2D eigenvalue weighted by atomic mass is 9.81. The Bertz CT molecular complexity index is 562. The van der Waals surface area contributed by atoms with Gasteiger partial charge in [-0.15, -0.1) is 0 Å². The highest BCUT2D eigenvalue weighted by molar-refractivity contribution is 9.10. The molecule has 1 aromatic rings. The molecule has 0 radical (unpaired) electrons. The van der Waals surface area contributed by atoms with Crippen LogP contribution in [0.5, 0.6) is 0 Å². The first-order valence-electron chi connectivity index (χ1n) is 6.02. The van der Waals surface area contributed by atoms with Crippen molar-refractivity contribution < 1.29 is 14.7 Å². The van der Waals surface area contributed by atoms with Gasteiger partial charge in [-0.3, -0.25) is 9.59 Å². The lowest BCUT2D eigenvalue weighted by molar-refractivity contribution is -0.143. The number of fused-ring (bicyclic) bond motifs is 1. The first-order chi connectivity index (χ1) is 8.64. The van der Waals surface area contributed by atoms with Crippen LogP contribution in [0.3, 0.4) is 0 Å². The van der Waals surface area contributed by atoms with Crippen molar-refractivity contribution in [2.45, 2.75) is 32.8 Å². The number of benzene rings is 1. The van der Waals surface area contributed by atoms with E-state index in [1.807, 2.05) is 0 Å². The fraction of sp³-hybridized carbons (Fsp3) is 0.429. The molecule has 0 unspecified atom stereocenters. The Kier molecular flexibility index (Phi) is 3.31. The van der Waals surface area contributed by atoms with Gasteiger partial charge in [-0.25, -0.2) is 0 Å². The Balaban J connectivity index is 2.42. The molecule has 5 heteroatoms. The molecule has 0 fully saturated rings. The van der Waals surface area contributed by atoms with Crippen LogP contribution in [0, 0.1) is 5.41 Å². The topological polar surface area (TPSA) is 66.4 Å². The van der Waals surface area contributed by atoms with E-state index in [4.69, 9.17) is 0 Å². The minimum absolute atomic E-state index is 0.155. The molecule has 2 rings (SSSR count). The summed E-state index contributed by atoms with van der Waals surface area (Å²) in [5.41, 5.74) is -1.37. The van der Waals surface area contributed by atoms with E-state index >= 15 is 0 Å². The maximum Gasteiger partial charge on any atom is 0.261 e. The van der Waals surface area contributed by atoms with Crippen LogP contribution in [0.2, 0.25) is 0 Å². The van der Waals surface area contributed by atoms with Crippen LogP contribution < -0.4 is 5.32 Å². The molecular weight excluding hydrogens is 310 g/mol. The summed E-state index contributed by atoms with van der Waals surface area (Å²) < 4.78 is 0.754. The molecule has 0 bridgehead atoms. The number of rotatable bonds is 2. The van der Waals surface area contributed by atoms with Gasteiger partial charge in [0, 0.05) is 27.6 Å². The van der Waals surface area contributed by atoms with E-state index in [0.29, 0.717) is 11.3 Å². The Labute approximate surface area is 120 Å². The first kappa shape index (κ1) is 14.2. The van der Waals surface area contributed by atoms with Crippen LogP contribution in [0.1, 0.15) is 32.8 Å². The van der Waals surface area contributed by atoms with E-state index in [9.17, 15) is 14.7 Å². The molecule has 0 spiro atoms. The predicted molar refractivity (Wildman–Crippen MR) is 75.7 cm³/mol. The van der Waals surface area contributed by atoms with Crippen molar-refractivity contribution in [1.29, 1.82) is 0 Å². The van der Waals surface area contributed by atoms with Crippen LogP contribution in [0.15, 0.2) is 22.7 Å². The van der Waals surface area contributed by atoms with Gasteiger partial charge in [0.2, 0.25) is 0 Å². The normalized spacial score (nSPS) is 22.1. The number of hydrogen-bond acceptors (Lipinski definition) is 3. The van der Waals surface area contributed by atoms with Gasteiger partial charge in [-0.2, -0.15) is 0 Å². The molecule has 0 aliphatic carbocycles. The lowest BCUT2D eigenvalue weighted by Gasteiger charge is -2.25. The number of anilines is 1. The number of carbonyl (C=O) groups is 2. The lowest BCUT2D eigenvalue weighted by Crippen LogP contribution is -2.39. The Morgan fingerprint density at radius 1 is 1.42 bits per heavy atom. The monoisotopic (exact) mass is 325 g/mol. The van der Waals surface area contributed by atoms with Gasteiger partial charge < -0.3 is 10.4 Å². The number of nitrogens with one attached hydrogen (secondary N) is 1. The number of hydrogen-bond donors (Lipinski definition) is 2. The van der Waals surface area contributed by atoms with Gasteiger partial charge in [0.25, 0.3) is 5.91 Å².